The zero-order valence-corrected chi connectivity index (χ0v) is 15.0. The van der Waals surface area contributed by atoms with E-state index >= 15 is 0 Å². The summed E-state index contributed by atoms with van der Waals surface area (Å²) in [5.41, 5.74) is 1.09. The zero-order chi connectivity index (χ0) is 17.5. The summed E-state index contributed by atoms with van der Waals surface area (Å²) in [6, 6.07) is 7.76. The fourth-order valence-electron chi connectivity index (χ4n) is 3.04. The molecule has 3 atom stereocenters. The highest BCUT2D eigenvalue weighted by Gasteiger charge is 2.28. The third kappa shape index (κ3) is 4.87. The van der Waals surface area contributed by atoms with Crippen LogP contribution in [0.4, 0.5) is 4.79 Å². The van der Waals surface area contributed by atoms with E-state index in [9.17, 15) is 9.90 Å². The van der Waals surface area contributed by atoms with Crippen LogP contribution in [0.2, 0.25) is 0 Å². The van der Waals surface area contributed by atoms with Crippen LogP contribution < -0.4 is 10.1 Å². The number of benzene rings is 1. The number of rotatable bonds is 6. The quantitative estimate of drug-likeness (QED) is 0.839. The third-order valence-electron chi connectivity index (χ3n) is 4.87. The SMILES string of the molecule is CCCCC(NC(=O)N1CCC(C)C(O)C1)c1ccc(OC)cc1. The highest BCUT2D eigenvalue weighted by molar-refractivity contribution is 5.75. The Bertz CT molecular complexity index is 518. The molecule has 0 aliphatic carbocycles. The van der Waals surface area contributed by atoms with Crippen LogP contribution in [-0.4, -0.2) is 42.3 Å². The first-order valence-corrected chi connectivity index (χ1v) is 8.92. The summed E-state index contributed by atoms with van der Waals surface area (Å²) in [6.07, 6.45) is 3.46. The normalized spacial score (nSPS) is 22.1. The number of aliphatic hydroxyl groups excluding tert-OH is 1. The molecule has 0 radical (unpaired) electrons. The van der Waals surface area contributed by atoms with Crippen LogP contribution in [0.5, 0.6) is 5.75 Å². The molecule has 1 aromatic carbocycles. The molecule has 2 rings (SSSR count). The molecule has 5 heteroatoms. The average Bonchev–Trinajstić information content (AvgIpc) is 2.60. The van der Waals surface area contributed by atoms with Gasteiger partial charge in [-0.25, -0.2) is 4.79 Å². The number of nitrogens with one attached hydrogen (secondary N) is 1. The fourth-order valence-corrected chi connectivity index (χ4v) is 3.04. The Kier molecular flexibility index (Phi) is 6.91. The summed E-state index contributed by atoms with van der Waals surface area (Å²) in [4.78, 5) is 14.3. The topological polar surface area (TPSA) is 61.8 Å². The maximum Gasteiger partial charge on any atom is 0.317 e. The zero-order valence-electron chi connectivity index (χ0n) is 15.0. The van der Waals surface area contributed by atoms with E-state index in [1.807, 2.05) is 31.2 Å². The average molecular weight is 334 g/mol. The van der Waals surface area contributed by atoms with Gasteiger partial charge in [0.15, 0.2) is 0 Å². The molecule has 1 aromatic rings. The number of urea groups is 1. The van der Waals surface area contributed by atoms with Crippen molar-refractivity contribution in [2.75, 3.05) is 20.2 Å². The van der Waals surface area contributed by atoms with E-state index in [0.29, 0.717) is 13.1 Å². The van der Waals surface area contributed by atoms with Crippen LogP contribution in [0.3, 0.4) is 0 Å². The van der Waals surface area contributed by atoms with Gasteiger partial charge in [0.2, 0.25) is 0 Å². The van der Waals surface area contributed by atoms with Crippen molar-refractivity contribution < 1.29 is 14.6 Å². The summed E-state index contributed by atoms with van der Waals surface area (Å²) in [6.45, 7) is 5.29. The minimum Gasteiger partial charge on any atom is -0.497 e. The Morgan fingerprint density at radius 3 is 2.71 bits per heavy atom. The van der Waals surface area contributed by atoms with Gasteiger partial charge in [-0.15, -0.1) is 0 Å². The number of β-amino-alcohol motifs (C(OH)–C–C–N with tert-alkyl or cyclic N) is 1. The second kappa shape index (κ2) is 8.92. The number of nitrogens with zero attached hydrogens (tertiary/aromatic N) is 1. The molecule has 1 aliphatic heterocycles. The number of carbonyl (C=O) groups excluding carboxylic acids is 1. The van der Waals surface area contributed by atoms with E-state index in [1.54, 1.807) is 12.0 Å². The number of hydrogen-bond acceptors (Lipinski definition) is 3. The van der Waals surface area contributed by atoms with Crippen molar-refractivity contribution in [3.8, 4) is 5.75 Å². The molecule has 0 aromatic heterocycles. The monoisotopic (exact) mass is 334 g/mol. The molecule has 1 aliphatic rings. The minimum atomic E-state index is -0.431. The van der Waals surface area contributed by atoms with Crippen LogP contribution in [0.15, 0.2) is 24.3 Å². The van der Waals surface area contributed by atoms with E-state index in [2.05, 4.69) is 12.2 Å². The maximum atomic E-state index is 12.6. The Labute approximate surface area is 145 Å². The summed E-state index contributed by atoms with van der Waals surface area (Å²) >= 11 is 0. The number of piperidine rings is 1. The number of likely N-dealkylation sites (tertiary alicyclic amines) is 1. The van der Waals surface area contributed by atoms with Crippen molar-refractivity contribution in [2.24, 2.45) is 5.92 Å². The number of aliphatic hydroxyl groups is 1. The van der Waals surface area contributed by atoms with Crippen LogP contribution >= 0.6 is 0 Å². The van der Waals surface area contributed by atoms with Crippen molar-refractivity contribution in [2.45, 2.75) is 51.7 Å². The van der Waals surface area contributed by atoms with Crippen molar-refractivity contribution in [1.29, 1.82) is 0 Å². The Morgan fingerprint density at radius 1 is 1.42 bits per heavy atom. The molecule has 5 nitrogen and oxygen atoms in total. The Hall–Kier alpha value is -1.75. The molecular weight excluding hydrogens is 304 g/mol. The van der Waals surface area contributed by atoms with Crippen LogP contribution in [0, 0.1) is 5.92 Å². The lowest BCUT2D eigenvalue weighted by molar-refractivity contribution is 0.0429. The van der Waals surface area contributed by atoms with Gasteiger partial charge >= 0.3 is 6.03 Å². The van der Waals surface area contributed by atoms with Gasteiger partial charge in [-0.3, -0.25) is 0 Å². The fraction of sp³-hybridized carbons (Fsp3) is 0.632. The van der Waals surface area contributed by atoms with Gasteiger partial charge in [0.05, 0.1) is 19.3 Å². The largest absolute Gasteiger partial charge is 0.497 e. The van der Waals surface area contributed by atoms with Gasteiger partial charge in [-0.2, -0.15) is 0 Å². The molecular formula is C19H30N2O3. The summed E-state index contributed by atoms with van der Waals surface area (Å²) < 4.78 is 5.20. The highest BCUT2D eigenvalue weighted by Crippen LogP contribution is 2.23. The minimum absolute atomic E-state index is 0.0140. The first-order chi connectivity index (χ1) is 11.5. The van der Waals surface area contributed by atoms with Crippen LogP contribution in [0.25, 0.3) is 0 Å². The lowest BCUT2D eigenvalue weighted by Gasteiger charge is -2.35. The van der Waals surface area contributed by atoms with E-state index < -0.39 is 6.10 Å². The van der Waals surface area contributed by atoms with Crippen molar-refractivity contribution in [1.82, 2.24) is 10.2 Å². The number of methoxy groups -OCH3 is 1. The summed E-state index contributed by atoms with van der Waals surface area (Å²) in [7, 11) is 1.65. The lowest BCUT2D eigenvalue weighted by atomic mass is 9.96. The smallest absolute Gasteiger partial charge is 0.317 e. The molecule has 1 fully saturated rings. The molecule has 24 heavy (non-hydrogen) atoms. The van der Waals surface area contributed by atoms with E-state index in [4.69, 9.17) is 4.74 Å². The number of hydrogen-bond donors (Lipinski definition) is 2. The summed E-state index contributed by atoms with van der Waals surface area (Å²) in [5.74, 6) is 1.07. The van der Waals surface area contributed by atoms with Gasteiger partial charge in [-0.1, -0.05) is 38.8 Å². The second-order valence-corrected chi connectivity index (χ2v) is 6.70. The molecule has 0 saturated carbocycles. The first kappa shape index (κ1) is 18.6. The molecule has 134 valence electrons. The van der Waals surface area contributed by atoms with Crippen molar-refractivity contribution in [3.05, 3.63) is 29.8 Å². The molecule has 3 unspecified atom stereocenters. The standard InChI is InChI=1S/C19H30N2O3/c1-4-5-6-17(15-7-9-16(24-3)10-8-15)20-19(23)21-12-11-14(2)18(22)13-21/h7-10,14,17-18,22H,4-6,11-13H2,1-3H3,(H,20,23). The molecule has 2 N–H and O–H groups in total. The van der Waals surface area contributed by atoms with Gasteiger partial charge < -0.3 is 20.1 Å². The number of unbranched alkanes of at least 4 members (excludes halogenated alkanes) is 1. The van der Waals surface area contributed by atoms with Crippen LogP contribution in [0.1, 0.15) is 51.1 Å². The molecule has 1 heterocycles. The Morgan fingerprint density at radius 2 is 2.12 bits per heavy atom. The lowest BCUT2D eigenvalue weighted by Crippen LogP contribution is -2.50. The summed E-state index contributed by atoms with van der Waals surface area (Å²) in [5, 5.41) is 13.2. The van der Waals surface area contributed by atoms with Crippen molar-refractivity contribution in [3.63, 3.8) is 0 Å². The van der Waals surface area contributed by atoms with Gasteiger partial charge in [-0.05, 0) is 36.5 Å². The molecule has 2 amide bonds. The number of carbonyl (C=O) groups is 1. The molecule has 1 saturated heterocycles. The Balaban J connectivity index is 2.03. The van der Waals surface area contributed by atoms with E-state index in [1.165, 1.54) is 0 Å². The van der Waals surface area contributed by atoms with Gasteiger partial charge in [0.1, 0.15) is 5.75 Å². The second-order valence-electron chi connectivity index (χ2n) is 6.70. The van der Waals surface area contributed by atoms with Crippen molar-refractivity contribution >= 4 is 6.03 Å². The first-order valence-electron chi connectivity index (χ1n) is 8.92. The number of amides is 2. The van der Waals surface area contributed by atoms with Crippen LogP contribution in [-0.2, 0) is 0 Å². The molecule has 0 bridgehead atoms. The van der Waals surface area contributed by atoms with Gasteiger partial charge in [0.25, 0.3) is 0 Å². The predicted octanol–water partition coefficient (Wildman–Crippen LogP) is 3.34. The number of ether oxygens (including phenoxy) is 1. The predicted molar refractivity (Wildman–Crippen MR) is 95.2 cm³/mol. The highest BCUT2D eigenvalue weighted by atomic mass is 16.5. The van der Waals surface area contributed by atoms with E-state index in [-0.39, 0.29) is 18.0 Å². The third-order valence-corrected chi connectivity index (χ3v) is 4.87. The van der Waals surface area contributed by atoms with Gasteiger partial charge in [0, 0.05) is 13.1 Å². The molecule has 0 spiro atoms. The maximum absolute atomic E-state index is 12.6. The van der Waals surface area contributed by atoms with E-state index in [0.717, 1.165) is 37.0 Å².